The number of hydrogen-bond acceptors (Lipinski definition) is 3. The van der Waals surface area contributed by atoms with Crippen molar-refractivity contribution in [3.8, 4) is 0 Å². The molecule has 6 nitrogen and oxygen atoms in total. The number of carbonyl (C=O) groups is 2. The van der Waals surface area contributed by atoms with E-state index in [1.54, 1.807) is 11.9 Å². The Morgan fingerprint density at radius 2 is 1.89 bits per heavy atom. The molecule has 0 aromatic rings. The van der Waals surface area contributed by atoms with Crippen molar-refractivity contribution in [2.45, 2.75) is 19.4 Å². The molecule has 0 aliphatic carbocycles. The largest absolute Gasteiger partial charge is 0.480 e. The molecule has 1 fully saturated rings. The van der Waals surface area contributed by atoms with Crippen LogP contribution in [0.25, 0.3) is 0 Å². The zero-order chi connectivity index (χ0) is 13.9. The molecule has 6 heteroatoms. The molecule has 0 spiro atoms. The lowest BCUT2D eigenvalue weighted by molar-refractivity contribution is -0.142. The summed E-state index contributed by atoms with van der Waals surface area (Å²) < 4.78 is 0. The number of hydrogen-bond donors (Lipinski definition) is 1. The van der Waals surface area contributed by atoms with Gasteiger partial charge in [0, 0.05) is 26.7 Å². The molecule has 2 unspecified atom stereocenters. The Kier molecular flexibility index (Phi) is 4.95. The van der Waals surface area contributed by atoms with Crippen LogP contribution in [0.15, 0.2) is 0 Å². The Labute approximate surface area is 108 Å². The molecule has 0 aromatic carbocycles. The summed E-state index contributed by atoms with van der Waals surface area (Å²) in [6.45, 7) is 3.78. The van der Waals surface area contributed by atoms with Crippen molar-refractivity contribution in [1.82, 2.24) is 14.7 Å². The van der Waals surface area contributed by atoms with Crippen LogP contribution >= 0.6 is 0 Å². The molecular weight excluding hydrogens is 234 g/mol. The van der Waals surface area contributed by atoms with E-state index in [-0.39, 0.29) is 11.9 Å². The molecule has 1 aliphatic rings. The topological polar surface area (TPSA) is 64.1 Å². The Hall–Kier alpha value is -1.30. The SMILES string of the molecule is CC1CCN(C(=O)N(C)CCN(C)C)C1C(=O)O. The normalized spacial score (nSPS) is 23.5. The maximum absolute atomic E-state index is 12.2. The highest BCUT2D eigenvalue weighted by Crippen LogP contribution is 2.24. The summed E-state index contributed by atoms with van der Waals surface area (Å²) in [6, 6.07) is -0.868. The Morgan fingerprint density at radius 3 is 2.39 bits per heavy atom. The third-order valence-electron chi connectivity index (χ3n) is 3.41. The van der Waals surface area contributed by atoms with Crippen LogP contribution in [0.3, 0.4) is 0 Å². The van der Waals surface area contributed by atoms with Crippen LogP contribution in [-0.2, 0) is 4.79 Å². The van der Waals surface area contributed by atoms with Crippen molar-refractivity contribution in [2.75, 3.05) is 40.8 Å². The highest BCUT2D eigenvalue weighted by atomic mass is 16.4. The van der Waals surface area contributed by atoms with Crippen molar-refractivity contribution in [3.05, 3.63) is 0 Å². The highest BCUT2D eigenvalue weighted by molar-refractivity contribution is 5.83. The average Bonchev–Trinajstić information content (AvgIpc) is 2.66. The van der Waals surface area contributed by atoms with Gasteiger partial charge < -0.3 is 19.8 Å². The van der Waals surface area contributed by atoms with E-state index in [4.69, 9.17) is 0 Å². The van der Waals surface area contributed by atoms with Crippen LogP contribution in [-0.4, -0.2) is 78.6 Å². The highest BCUT2D eigenvalue weighted by Gasteiger charge is 2.40. The van der Waals surface area contributed by atoms with Crippen LogP contribution in [0.5, 0.6) is 0 Å². The predicted molar refractivity (Wildman–Crippen MR) is 68.5 cm³/mol. The number of aliphatic carboxylic acids is 1. The molecule has 0 radical (unpaired) electrons. The number of rotatable bonds is 4. The predicted octanol–water partition coefficient (Wildman–Crippen LogP) is 0.395. The minimum atomic E-state index is -0.908. The number of carbonyl (C=O) groups excluding carboxylic acids is 1. The Bertz CT molecular complexity index is 320. The van der Waals surface area contributed by atoms with Gasteiger partial charge in [-0.1, -0.05) is 6.92 Å². The summed E-state index contributed by atoms with van der Waals surface area (Å²) in [5.74, 6) is -0.886. The first-order valence-electron chi connectivity index (χ1n) is 6.24. The van der Waals surface area contributed by atoms with E-state index in [1.807, 2.05) is 25.9 Å². The monoisotopic (exact) mass is 257 g/mol. The summed E-state index contributed by atoms with van der Waals surface area (Å²) in [6.07, 6.45) is 0.754. The minimum absolute atomic E-state index is 0.0219. The van der Waals surface area contributed by atoms with E-state index in [9.17, 15) is 14.7 Å². The molecule has 0 aromatic heterocycles. The van der Waals surface area contributed by atoms with Gasteiger partial charge in [-0.2, -0.15) is 0 Å². The number of nitrogens with zero attached hydrogens (tertiary/aromatic N) is 3. The molecule has 0 saturated carbocycles. The van der Waals surface area contributed by atoms with Gasteiger partial charge in [-0.05, 0) is 26.4 Å². The zero-order valence-electron chi connectivity index (χ0n) is 11.6. The maximum Gasteiger partial charge on any atom is 0.326 e. The number of carboxylic acids is 1. The number of likely N-dealkylation sites (N-methyl/N-ethyl adjacent to an activating group) is 2. The second-order valence-corrected chi connectivity index (χ2v) is 5.25. The molecule has 0 bridgehead atoms. The third-order valence-corrected chi connectivity index (χ3v) is 3.41. The van der Waals surface area contributed by atoms with Crippen molar-refractivity contribution in [2.24, 2.45) is 5.92 Å². The van der Waals surface area contributed by atoms with Gasteiger partial charge in [-0.3, -0.25) is 0 Å². The first-order valence-corrected chi connectivity index (χ1v) is 6.24. The summed E-state index contributed by atoms with van der Waals surface area (Å²) in [5, 5.41) is 9.18. The van der Waals surface area contributed by atoms with Gasteiger partial charge in [-0.15, -0.1) is 0 Å². The summed E-state index contributed by atoms with van der Waals surface area (Å²) in [4.78, 5) is 28.4. The van der Waals surface area contributed by atoms with Crippen LogP contribution in [0.1, 0.15) is 13.3 Å². The van der Waals surface area contributed by atoms with Crippen molar-refractivity contribution < 1.29 is 14.7 Å². The molecule has 2 amide bonds. The molecule has 1 N–H and O–H groups in total. The lowest BCUT2D eigenvalue weighted by Crippen LogP contribution is -2.49. The summed E-state index contributed by atoms with van der Waals surface area (Å²) >= 11 is 0. The molecule has 1 saturated heterocycles. The first kappa shape index (κ1) is 14.8. The number of carboxylic acid groups (broad SMARTS) is 1. The van der Waals surface area contributed by atoms with Gasteiger partial charge >= 0.3 is 12.0 Å². The van der Waals surface area contributed by atoms with Gasteiger partial charge in [0.15, 0.2) is 0 Å². The average molecular weight is 257 g/mol. The van der Waals surface area contributed by atoms with Gasteiger partial charge in [0.05, 0.1) is 0 Å². The molecule has 18 heavy (non-hydrogen) atoms. The quantitative estimate of drug-likeness (QED) is 0.791. The van der Waals surface area contributed by atoms with Gasteiger partial charge in [0.2, 0.25) is 0 Å². The van der Waals surface area contributed by atoms with Crippen molar-refractivity contribution >= 4 is 12.0 Å². The summed E-state index contributed by atoms with van der Waals surface area (Å²) in [5.41, 5.74) is 0. The number of urea groups is 1. The fraction of sp³-hybridized carbons (Fsp3) is 0.833. The lowest BCUT2D eigenvalue weighted by Gasteiger charge is -2.29. The molecule has 1 aliphatic heterocycles. The fourth-order valence-electron chi connectivity index (χ4n) is 2.20. The molecule has 1 heterocycles. The number of likely N-dealkylation sites (tertiary alicyclic amines) is 1. The Morgan fingerprint density at radius 1 is 1.28 bits per heavy atom. The van der Waals surface area contributed by atoms with Crippen LogP contribution in [0.4, 0.5) is 4.79 Å². The van der Waals surface area contributed by atoms with Crippen LogP contribution in [0.2, 0.25) is 0 Å². The van der Waals surface area contributed by atoms with Crippen molar-refractivity contribution in [3.63, 3.8) is 0 Å². The minimum Gasteiger partial charge on any atom is -0.480 e. The first-order chi connectivity index (χ1) is 8.34. The second kappa shape index (κ2) is 6.04. The molecular formula is C12H23N3O3. The molecule has 1 rings (SSSR count). The summed E-state index contributed by atoms with van der Waals surface area (Å²) in [7, 11) is 5.60. The van der Waals surface area contributed by atoms with Crippen LogP contribution < -0.4 is 0 Å². The standard InChI is InChI=1S/C12H23N3O3/c1-9-5-6-15(10(9)11(16)17)12(18)14(4)8-7-13(2)3/h9-10H,5-8H2,1-4H3,(H,16,17). The van der Waals surface area contributed by atoms with Gasteiger partial charge in [-0.25, -0.2) is 9.59 Å². The van der Waals surface area contributed by atoms with Gasteiger partial charge in [0.25, 0.3) is 0 Å². The second-order valence-electron chi connectivity index (χ2n) is 5.25. The lowest BCUT2D eigenvalue weighted by atomic mass is 10.0. The van der Waals surface area contributed by atoms with E-state index < -0.39 is 12.0 Å². The van der Waals surface area contributed by atoms with E-state index in [1.165, 1.54) is 4.90 Å². The smallest absolute Gasteiger partial charge is 0.326 e. The maximum atomic E-state index is 12.2. The zero-order valence-corrected chi connectivity index (χ0v) is 11.6. The Balaban J connectivity index is 2.62. The third kappa shape index (κ3) is 3.35. The van der Waals surface area contributed by atoms with Crippen molar-refractivity contribution in [1.29, 1.82) is 0 Å². The van der Waals surface area contributed by atoms with E-state index in [2.05, 4.69) is 0 Å². The van der Waals surface area contributed by atoms with E-state index >= 15 is 0 Å². The van der Waals surface area contributed by atoms with Gasteiger partial charge in [0.1, 0.15) is 6.04 Å². The van der Waals surface area contributed by atoms with E-state index in [0.717, 1.165) is 13.0 Å². The fourth-order valence-corrected chi connectivity index (χ4v) is 2.20. The van der Waals surface area contributed by atoms with E-state index in [0.29, 0.717) is 13.1 Å². The number of amides is 2. The van der Waals surface area contributed by atoms with Crippen LogP contribution in [0, 0.1) is 5.92 Å². The molecule has 104 valence electrons. The molecule has 2 atom stereocenters.